The third-order valence-corrected chi connectivity index (χ3v) is 12.1. The largest absolute Gasteiger partial charge is 0.445 e. The van der Waals surface area contributed by atoms with Crippen LogP contribution in [-0.2, 0) is 29.5 Å². The lowest BCUT2D eigenvalue weighted by molar-refractivity contribution is -0.121. The Hall–Kier alpha value is -2.82. The first kappa shape index (κ1) is 30.2. The van der Waals surface area contributed by atoms with Gasteiger partial charge in [-0.2, -0.15) is 0 Å². The Morgan fingerprint density at radius 3 is 2.56 bits per heavy atom. The van der Waals surface area contributed by atoms with Crippen molar-refractivity contribution in [1.29, 1.82) is 0 Å². The van der Waals surface area contributed by atoms with E-state index >= 15 is 0 Å². The summed E-state index contributed by atoms with van der Waals surface area (Å²) < 4.78 is 53.4. The highest BCUT2D eigenvalue weighted by Gasteiger charge is 2.51. The molecule has 0 aromatic heterocycles. The van der Waals surface area contributed by atoms with Crippen molar-refractivity contribution in [2.45, 2.75) is 63.9 Å². The predicted molar refractivity (Wildman–Crippen MR) is 163 cm³/mol. The number of carbonyl (C=O) groups excluding carboxylic acids is 2. The van der Waals surface area contributed by atoms with Crippen LogP contribution in [-0.4, -0.2) is 50.3 Å². The molecule has 43 heavy (non-hydrogen) atoms. The number of allylic oxidation sites excluding steroid dienone is 2. The summed E-state index contributed by atoms with van der Waals surface area (Å²) >= 11 is 3.20. The first-order valence-electron chi connectivity index (χ1n) is 14.7. The normalized spacial score (nSPS) is 27.2. The van der Waals surface area contributed by atoms with Crippen LogP contribution in [0, 0.1) is 17.7 Å². The van der Waals surface area contributed by atoms with Crippen molar-refractivity contribution in [2.75, 3.05) is 19.0 Å². The molecule has 1 aliphatic carbocycles. The van der Waals surface area contributed by atoms with Gasteiger partial charge in [-0.25, -0.2) is 17.6 Å². The quantitative estimate of drug-likeness (QED) is 0.356. The Morgan fingerprint density at radius 1 is 1.09 bits per heavy atom. The molecule has 4 aliphatic rings. The fraction of sp³-hybridized carbons (Fsp3) is 0.455. The number of nitrogens with zero attached hydrogens (tertiary/aromatic N) is 1. The van der Waals surface area contributed by atoms with Gasteiger partial charge in [-0.05, 0) is 63.4 Å². The maximum absolute atomic E-state index is 14.3. The number of carbonyl (C=O) groups is 2. The van der Waals surface area contributed by atoms with E-state index in [1.807, 2.05) is 18.2 Å². The van der Waals surface area contributed by atoms with Gasteiger partial charge < -0.3 is 9.47 Å². The van der Waals surface area contributed by atoms with E-state index in [1.54, 1.807) is 0 Å². The predicted octanol–water partition coefficient (Wildman–Crippen LogP) is 6.79. The van der Waals surface area contributed by atoms with Gasteiger partial charge in [0, 0.05) is 23.6 Å². The molecule has 0 saturated heterocycles. The van der Waals surface area contributed by atoms with Gasteiger partial charge >= 0.3 is 6.09 Å². The second kappa shape index (κ2) is 11.3. The van der Waals surface area contributed by atoms with Crippen LogP contribution in [0.5, 0.6) is 0 Å². The Kier molecular flexibility index (Phi) is 7.92. The summed E-state index contributed by atoms with van der Waals surface area (Å²) in [5.74, 6) is -1.70. The zero-order valence-corrected chi connectivity index (χ0v) is 26.8. The first-order valence-corrected chi connectivity index (χ1v) is 17.2. The second-order valence-corrected chi connectivity index (χ2v) is 15.6. The van der Waals surface area contributed by atoms with E-state index in [0.717, 1.165) is 18.4 Å². The van der Waals surface area contributed by atoms with Gasteiger partial charge in [0.1, 0.15) is 18.5 Å². The van der Waals surface area contributed by atoms with Crippen LogP contribution in [0.1, 0.15) is 63.5 Å². The summed E-state index contributed by atoms with van der Waals surface area (Å²) in [5.41, 5.74) is 2.10. The third kappa shape index (κ3) is 5.29. The summed E-state index contributed by atoms with van der Waals surface area (Å²) in [4.78, 5) is 29.0. The minimum Gasteiger partial charge on any atom is -0.445 e. The highest BCUT2D eigenvalue weighted by Crippen LogP contribution is 2.51. The van der Waals surface area contributed by atoms with E-state index in [2.05, 4.69) is 48.8 Å². The molecular formula is C33H35BrFNO6S. The lowest BCUT2D eigenvalue weighted by Crippen LogP contribution is -2.47. The van der Waals surface area contributed by atoms with Crippen molar-refractivity contribution in [1.82, 2.24) is 4.90 Å². The van der Waals surface area contributed by atoms with Crippen molar-refractivity contribution >= 4 is 37.6 Å². The molecule has 3 heterocycles. The Balaban J connectivity index is 1.42. The number of hydrogen-bond donors (Lipinski definition) is 0. The summed E-state index contributed by atoms with van der Waals surface area (Å²) in [6, 6.07) is 14.4. The number of ether oxygens (including phenoxy) is 2. The molecule has 0 spiro atoms. The minimum atomic E-state index is -3.83. The average Bonchev–Trinajstić information content (AvgIpc) is 3.28. The molecule has 1 saturated carbocycles. The molecule has 6 rings (SSSR count). The minimum absolute atomic E-state index is 0.00938. The van der Waals surface area contributed by atoms with Crippen molar-refractivity contribution in [2.24, 2.45) is 11.8 Å². The van der Waals surface area contributed by atoms with E-state index in [-0.39, 0.29) is 51.7 Å². The molecule has 228 valence electrons. The maximum atomic E-state index is 14.3. The van der Waals surface area contributed by atoms with E-state index in [0.29, 0.717) is 29.3 Å². The molecule has 1 fully saturated rings. The molecule has 1 unspecified atom stereocenters. The van der Waals surface area contributed by atoms with Crippen LogP contribution >= 0.6 is 15.9 Å². The SMILES string of the molecule is C[C@@H]1CC[C@@H](C(C)(C)c2ccccc2)[C@H](OC(=O)N2C3=C(C(=O)COC3)C(c3ccc(F)c(Br)c3)C3=C2CCS3(=O)=O)C1. The van der Waals surface area contributed by atoms with Crippen LogP contribution in [0.2, 0.25) is 0 Å². The highest BCUT2D eigenvalue weighted by molar-refractivity contribution is 9.10. The fourth-order valence-corrected chi connectivity index (χ4v) is 9.60. The first-order chi connectivity index (χ1) is 20.4. The van der Waals surface area contributed by atoms with Gasteiger partial charge in [-0.3, -0.25) is 9.69 Å². The van der Waals surface area contributed by atoms with Crippen LogP contribution in [0.25, 0.3) is 0 Å². The number of hydrogen-bond acceptors (Lipinski definition) is 6. The smallest absolute Gasteiger partial charge is 0.418 e. The topological polar surface area (TPSA) is 90.0 Å². The molecule has 0 radical (unpaired) electrons. The Bertz CT molecular complexity index is 1650. The van der Waals surface area contributed by atoms with Crippen molar-refractivity contribution < 1.29 is 31.9 Å². The number of sulfone groups is 1. The van der Waals surface area contributed by atoms with E-state index in [4.69, 9.17) is 9.47 Å². The van der Waals surface area contributed by atoms with Crippen LogP contribution in [0.15, 0.2) is 74.9 Å². The standard InChI is InChI=1S/C33H35BrFNO6S/c1-19-9-11-22(33(2,3)21-7-5-4-6-8-21)28(15-19)42-32(38)36-25-13-14-43(39,40)31(25)29(20-10-12-24(35)23(34)16-20)30-26(36)17-41-18-27(30)37/h4-8,10,12,16,19,22,28-29H,9,11,13-15,17-18H2,1-3H3/t19-,22-,28-,29?/m1/s1. The van der Waals surface area contributed by atoms with Crippen molar-refractivity contribution in [3.8, 4) is 0 Å². The molecule has 0 bridgehead atoms. The van der Waals surface area contributed by atoms with Gasteiger partial charge in [-0.15, -0.1) is 0 Å². The van der Waals surface area contributed by atoms with Crippen LogP contribution in [0.3, 0.4) is 0 Å². The van der Waals surface area contributed by atoms with Gasteiger partial charge in [0.2, 0.25) is 0 Å². The monoisotopic (exact) mass is 671 g/mol. The summed E-state index contributed by atoms with van der Waals surface area (Å²) in [7, 11) is -3.83. The van der Waals surface area contributed by atoms with E-state index < -0.39 is 39.6 Å². The summed E-state index contributed by atoms with van der Waals surface area (Å²) in [5, 5.41) is 0. The zero-order valence-electron chi connectivity index (χ0n) is 24.4. The Labute approximate surface area is 260 Å². The van der Waals surface area contributed by atoms with Gasteiger partial charge in [0.05, 0.1) is 33.4 Å². The molecule has 7 nitrogen and oxygen atoms in total. The molecule has 10 heteroatoms. The highest BCUT2D eigenvalue weighted by atomic mass is 79.9. The van der Waals surface area contributed by atoms with Gasteiger partial charge in [0.25, 0.3) is 0 Å². The molecule has 3 aliphatic heterocycles. The summed E-state index contributed by atoms with van der Waals surface area (Å²) in [6.45, 7) is 6.21. The molecule has 2 aromatic carbocycles. The number of Topliss-reactive ketones (excluding diaryl/α,β-unsaturated/α-hetero) is 1. The summed E-state index contributed by atoms with van der Waals surface area (Å²) in [6.07, 6.45) is 1.55. The van der Waals surface area contributed by atoms with Gasteiger partial charge in [-0.1, -0.05) is 63.6 Å². The number of rotatable bonds is 4. The van der Waals surface area contributed by atoms with Crippen molar-refractivity contribution in [3.05, 3.63) is 91.8 Å². The maximum Gasteiger partial charge on any atom is 0.418 e. The lowest BCUT2D eigenvalue weighted by atomic mass is 9.64. The fourth-order valence-electron chi connectivity index (χ4n) is 7.35. The number of ketones is 1. The molecular weight excluding hydrogens is 637 g/mol. The second-order valence-electron chi connectivity index (χ2n) is 12.6. The number of halogens is 2. The van der Waals surface area contributed by atoms with E-state index in [9.17, 15) is 22.4 Å². The number of amides is 1. The lowest BCUT2D eigenvalue weighted by Gasteiger charge is -2.45. The average molecular weight is 673 g/mol. The molecule has 1 amide bonds. The van der Waals surface area contributed by atoms with Crippen LogP contribution in [0.4, 0.5) is 9.18 Å². The van der Waals surface area contributed by atoms with Gasteiger partial charge in [0.15, 0.2) is 15.6 Å². The van der Waals surface area contributed by atoms with Crippen LogP contribution < -0.4 is 0 Å². The zero-order chi connectivity index (χ0) is 30.7. The molecule has 4 atom stereocenters. The molecule has 2 aromatic rings. The Morgan fingerprint density at radius 2 is 1.84 bits per heavy atom. The molecule has 0 N–H and O–H groups in total. The van der Waals surface area contributed by atoms with E-state index in [1.165, 1.54) is 23.1 Å². The van der Waals surface area contributed by atoms with Crippen molar-refractivity contribution in [3.63, 3.8) is 0 Å². The number of benzene rings is 2. The third-order valence-electron chi connectivity index (χ3n) is 9.61.